The molecule has 184 valence electrons. The van der Waals surface area contributed by atoms with Gasteiger partial charge >= 0.3 is 0 Å². The molecule has 0 radical (unpaired) electrons. The quantitative estimate of drug-likeness (QED) is 0.421. The number of nitrogens with one attached hydrogen (secondary N) is 1. The molecule has 1 saturated heterocycles. The molecule has 1 fully saturated rings. The van der Waals surface area contributed by atoms with Crippen molar-refractivity contribution in [3.8, 4) is 0 Å². The number of amides is 1. The number of sulfonamides is 1. The summed E-state index contributed by atoms with van der Waals surface area (Å²) in [6.07, 6.45) is 0. The van der Waals surface area contributed by atoms with Crippen LogP contribution in [0.3, 0.4) is 0 Å². The number of rotatable bonds is 6. The summed E-state index contributed by atoms with van der Waals surface area (Å²) in [4.78, 5) is 17.4. The molecule has 0 unspecified atom stereocenters. The Labute approximate surface area is 212 Å². The van der Waals surface area contributed by atoms with E-state index in [1.807, 2.05) is 35.2 Å². The lowest BCUT2D eigenvalue weighted by atomic mass is 10.1. The minimum absolute atomic E-state index is 0.00202. The van der Waals surface area contributed by atoms with Crippen molar-refractivity contribution in [3.63, 3.8) is 0 Å². The molecule has 0 saturated carbocycles. The van der Waals surface area contributed by atoms with Crippen LogP contribution >= 0.6 is 0 Å². The Bertz CT molecular complexity index is 1490. The highest BCUT2D eigenvalue weighted by Crippen LogP contribution is 2.20. The van der Waals surface area contributed by atoms with Crippen LogP contribution in [0, 0.1) is 6.92 Å². The van der Waals surface area contributed by atoms with Crippen molar-refractivity contribution in [2.24, 2.45) is 0 Å². The molecule has 4 aromatic carbocycles. The fourth-order valence-corrected chi connectivity index (χ4v) is 5.59. The van der Waals surface area contributed by atoms with Gasteiger partial charge in [0.2, 0.25) is 10.0 Å². The largest absolute Gasteiger partial charge is 0.368 e. The number of piperazine rings is 1. The van der Waals surface area contributed by atoms with Crippen molar-refractivity contribution in [1.82, 2.24) is 9.62 Å². The molecule has 0 spiro atoms. The first-order valence-electron chi connectivity index (χ1n) is 12.1. The van der Waals surface area contributed by atoms with Crippen molar-refractivity contribution in [2.45, 2.75) is 18.4 Å². The summed E-state index contributed by atoms with van der Waals surface area (Å²) >= 11 is 0. The molecule has 36 heavy (non-hydrogen) atoms. The number of benzene rings is 4. The van der Waals surface area contributed by atoms with Crippen LogP contribution in [0.15, 0.2) is 95.9 Å². The van der Waals surface area contributed by atoms with Gasteiger partial charge in [0.1, 0.15) is 0 Å². The van der Waals surface area contributed by atoms with Crippen LogP contribution in [0.25, 0.3) is 10.8 Å². The summed E-state index contributed by atoms with van der Waals surface area (Å²) in [6.45, 7) is 5.16. The van der Waals surface area contributed by atoms with Gasteiger partial charge in [0.05, 0.1) is 4.90 Å². The van der Waals surface area contributed by atoms with Gasteiger partial charge in [-0.25, -0.2) is 13.1 Å². The van der Waals surface area contributed by atoms with Crippen LogP contribution in [-0.2, 0) is 16.6 Å². The molecular weight excluding hydrogens is 470 g/mol. The highest BCUT2D eigenvalue weighted by molar-refractivity contribution is 7.89. The number of fused-ring (bicyclic) bond motifs is 1. The van der Waals surface area contributed by atoms with E-state index in [1.54, 1.807) is 36.4 Å². The molecule has 5 rings (SSSR count). The first kappa shape index (κ1) is 24.0. The van der Waals surface area contributed by atoms with Gasteiger partial charge in [0, 0.05) is 44.0 Å². The summed E-state index contributed by atoms with van der Waals surface area (Å²) in [5.41, 5.74) is 3.82. The van der Waals surface area contributed by atoms with Gasteiger partial charge in [-0.15, -0.1) is 0 Å². The molecule has 1 aliphatic heterocycles. The van der Waals surface area contributed by atoms with Gasteiger partial charge in [0.25, 0.3) is 5.91 Å². The zero-order chi connectivity index (χ0) is 25.1. The Morgan fingerprint density at radius 3 is 2.25 bits per heavy atom. The number of aryl methyl sites for hydroxylation is 1. The second-order valence-corrected chi connectivity index (χ2v) is 10.9. The molecule has 4 aromatic rings. The molecular formula is C29H29N3O3S. The zero-order valence-electron chi connectivity index (χ0n) is 20.2. The summed E-state index contributed by atoms with van der Waals surface area (Å²) < 4.78 is 28.3. The number of anilines is 1. The molecule has 0 bridgehead atoms. The van der Waals surface area contributed by atoms with E-state index in [9.17, 15) is 13.2 Å². The average molecular weight is 500 g/mol. The van der Waals surface area contributed by atoms with Crippen molar-refractivity contribution in [3.05, 3.63) is 108 Å². The van der Waals surface area contributed by atoms with Crippen LogP contribution in [0.2, 0.25) is 0 Å². The lowest BCUT2D eigenvalue weighted by Gasteiger charge is -2.36. The monoisotopic (exact) mass is 499 g/mol. The maximum absolute atomic E-state index is 13.0. The Morgan fingerprint density at radius 1 is 0.806 bits per heavy atom. The number of hydrogen-bond acceptors (Lipinski definition) is 4. The summed E-state index contributed by atoms with van der Waals surface area (Å²) in [5, 5.41) is 1.87. The molecule has 0 atom stereocenters. The molecule has 0 aliphatic carbocycles. The second kappa shape index (κ2) is 10.1. The molecule has 7 heteroatoms. The van der Waals surface area contributed by atoms with E-state index in [0.29, 0.717) is 18.7 Å². The van der Waals surface area contributed by atoms with E-state index in [2.05, 4.69) is 40.8 Å². The van der Waals surface area contributed by atoms with Crippen LogP contribution in [0.1, 0.15) is 21.5 Å². The molecule has 6 nitrogen and oxygen atoms in total. The minimum Gasteiger partial charge on any atom is -0.368 e. The fourth-order valence-electron chi connectivity index (χ4n) is 4.54. The van der Waals surface area contributed by atoms with Gasteiger partial charge in [-0.3, -0.25) is 4.79 Å². The lowest BCUT2D eigenvalue weighted by Crippen LogP contribution is -2.48. The number of carbonyl (C=O) groups excluding carboxylic acids is 1. The predicted octanol–water partition coefficient (Wildman–Crippen LogP) is 4.59. The van der Waals surface area contributed by atoms with E-state index in [4.69, 9.17) is 0 Å². The predicted molar refractivity (Wildman–Crippen MR) is 144 cm³/mol. The molecule has 0 aromatic heterocycles. The normalized spacial score (nSPS) is 14.2. The van der Waals surface area contributed by atoms with Crippen LogP contribution < -0.4 is 9.62 Å². The molecule has 1 aliphatic rings. The van der Waals surface area contributed by atoms with Crippen molar-refractivity contribution in [1.29, 1.82) is 0 Å². The maximum Gasteiger partial charge on any atom is 0.253 e. The number of hydrogen-bond donors (Lipinski definition) is 1. The first-order valence-corrected chi connectivity index (χ1v) is 13.6. The third-order valence-electron chi connectivity index (χ3n) is 6.63. The Hall–Kier alpha value is -3.68. The summed E-state index contributed by atoms with van der Waals surface area (Å²) in [7, 11) is -3.65. The number of carbonyl (C=O) groups is 1. The zero-order valence-corrected chi connectivity index (χ0v) is 21.0. The highest BCUT2D eigenvalue weighted by atomic mass is 32.2. The van der Waals surface area contributed by atoms with Crippen LogP contribution in [-0.4, -0.2) is 45.4 Å². The Morgan fingerprint density at radius 2 is 1.53 bits per heavy atom. The fraction of sp³-hybridized carbons (Fsp3) is 0.207. The molecule has 1 amide bonds. The van der Waals surface area contributed by atoms with Crippen molar-refractivity contribution in [2.75, 3.05) is 31.1 Å². The smallest absolute Gasteiger partial charge is 0.253 e. The van der Waals surface area contributed by atoms with Gasteiger partial charge < -0.3 is 9.80 Å². The molecule has 1 N–H and O–H groups in total. The average Bonchev–Trinajstić information content (AvgIpc) is 2.92. The standard InChI is InChI=1S/C29H29N3O3S/c1-22-5-4-8-27(19-22)31-15-17-32(18-16-31)29(33)25-11-9-23(10-12-25)21-30-36(34,35)28-14-13-24-6-2-3-7-26(24)20-28/h2-14,19-20,30H,15-18,21H2,1H3. The van der Waals surface area contributed by atoms with Gasteiger partial charge in [-0.1, -0.05) is 54.6 Å². The van der Waals surface area contributed by atoms with Gasteiger partial charge in [0.15, 0.2) is 0 Å². The molecule has 1 heterocycles. The SMILES string of the molecule is Cc1cccc(N2CCN(C(=O)c3ccc(CNS(=O)(=O)c4ccc5ccccc5c4)cc3)CC2)c1. The van der Waals surface area contributed by atoms with Gasteiger partial charge in [-0.2, -0.15) is 0 Å². The summed E-state index contributed by atoms with van der Waals surface area (Å²) in [6, 6.07) is 28.3. The van der Waals surface area contributed by atoms with E-state index in [1.165, 1.54) is 11.3 Å². The summed E-state index contributed by atoms with van der Waals surface area (Å²) in [5.74, 6) is 0.00202. The second-order valence-electron chi connectivity index (χ2n) is 9.15. The first-order chi connectivity index (χ1) is 17.4. The van der Waals surface area contributed by atoms with E-state index < -0.39 is 10.0 Å². The highest BCUT2D eigenvalue weighted by Gasteiger charge is 2.22. The maximum atomic E-state index is 13.0. The lowest BCUT2D eigenvalue weighted by molar-refractivity contribution is 0.0746. The third-order valence-corrected chi connectivity index (χ3v) is 8.03. The van der Waals surface area contributed by atoms with Crippen LogP contribution in [0.5, 0.6) is 0 Å². The van der Waals surface area contributed by atoms with Crippen LogP contribution in [0.4, 0.5) is 5.69 Å². The van der Waals surface area contributed by atoms with Crippen molar-refractivity contribution >= 4 is 32.4 Å². The number of nitrogens with zero attached hydrogens (tertiary/aromatic N) is 2. The third kappa shape index (κ3) is 5.27. The van der Waals surface area contributed by atoms with Crippen molar-refractivity contribution < 1.29 is 13.2 Å². The topological polar surface area (TPSA) is 69.7 Å². The van der Waals surface area contributed by atoms with E-state index >= 15 is 0 Å². The van der Waals surface area contributed by atoms with E-state index in [-0.39, 0.29) is 17.3 Å². The Kier molecular flexibility index (Phi) is 6.76. The minimum atomic E-state index is -3.65. The van der Waals surface area contributed by atoms with Gasteiger partial charge in [-0.05, 0) is 65.2 Å². The van der Waals surface area contributed by atoms with E-state index in [0.717, 1.165) is 29.4 Å². The Balaban J connectivity index is 1.18.